The number of nitrogens with zero attached hydrogens (tertiary/aromatic N) is 1. The summed E-state index contributed by atoms with van der Waals surface area (Å²) in [5.74, 6) is 1.47. The van der Waals surface area contributed by atoms with Crippen LogP contribution in [0.3, 0.4) is 0 Å². The molecular formula is C15H20N2O3S. The van der Waals surface area contributed by atoms with Crippen LogP contribution in [0.25, 0.3) is 0 Å². The van der Waals surface area contributed by atoms with Crippen LogP contribution in [0.5, 0.6) is 5.75 Å². The van der Waals surface area contributed by atoms with E-state index in [2.05, 4.69) is 5.32 Å². The molecular weight excluding hydrogens is 288 g/mol. The van der Waals surface area contributed by atoms with Crippen LogP contribution in [0.15, 0.2) is 24.3 Å². The van der Waals surface area contributed by atoms with Crippen molar-refractivity contribution in [2.75, 3.05) is 21.2 Å². The van der Waals surface area contributed by atoms with Crippen molar-refractivity contribution in [3.05, 3.63) is 29.8 Å². The van der Waals surface area contributed by atoms with Crippen LogP contribution in [0.2, 0.25) is 0 Å². The third-order valence-electron chi connectivity index (χ3n) is 3.41. The molecule has 0 spiro atoms. The molecule has 2 atom stereocenters. The lowest BCUT2D eigenvalue weighted by Crippen LogP contribution is -2.40. The minimum Gasteiger partial charge on any atom is -0.497 e. The van der Waals surface area contributed by atoms with Crippen LogP contribution < -0.4 is 10.1 Å². The van der Waals surface area contributed by atoms with Gasteiger partial charge in [-0.05, 0) is 24.1 Å². The van der Waals surface area contributed by atoms with Crippen molar-refractivity contribution < 1.29 is 14.3 Å². The number of methoxy groups -OCH3 is 1. The largest absolute Gasteiger partial charge is 0.497 e. The summed E-state index contributed by atoms with van der Waals surface area (Å²) in [6.07, 6.45) is 0.552. The molecule has 1 aliphatic heterocycles. The number of hydrogen-bond acceptors (Lipinski definition) is 4. The van der Waals surface area contributed by atoms with E-state index in [-0.39, 0.29) is 23.1 Å². The van der Waals surface area contributed by atoms with Crippen molar-refractivity contribution in [3.8, 4) is 5.75 Å². The molecule has 5 nitrogen and oxygen atoms in total. The van der Waals surface area contributed by atoms with Gasteiger partial charge >= 0.3 is 0 Å². The van der Waals surface area contributed by atoms with Gasteiger partial charge in [0.1, 0.15) is 11.8 Å². The Kier molecular flexibility index (Phi) is 5.12. The van der Waals surface area contributed by atoms with Gasteiger partial charge in [-0.3, -0.25) is 9.59 Å². The maximum Gasteiger partial charge on any atom is 0.244 e. The van der Waals surface area contributed by atoms with Crippen LogP contribution in [-0.2, 0) is 15.3 Å². The zero-order valence-electron chi connectivity index (χ0n) is 12.5. The molecule has 0 saturated carbocycles. The minimum absolute atomic E-state index is 0.0455. The van der Waals surface area contributed by atoms with Gasteiger partial charge in [-0.2, -0.15) is 0 Å². The first-order valence-corrected chi connectivity index (χ1v) is 7.82. The molecule has 1 heterocycles. The van der Waals surface area contributed by atoms with Gasteiger partial charge in [0.25, 0.3) is 0 Å². The van der Waals surface area contributed by atoms with E-state index in [1.807, 2.05) is 24.3 Å². The van der Waals surface area contributed by atoms with Gasteiger partial charge < -0.3 is 15.0 Å². The van der Waals surface area contributed by atoms with E-state index >= 15 is 0 Å². The predicted octanol–water partition coefficient (Wildman–Crippen LogP) is 1.27. The summed E-state index contributed by atoms with van der Waals surface area (Å²) in [4.78, 5) is 25.3. The van der Waals surface area contributed by atoms with Gasteiger partial charge in [0.2, 0.25) is 11.8 Å². The molecule has 2 amide bonds. The zero-order chi connectivity index (χ0) is 15.4. The van der Waals surface area contributed by atoms with Crippen LogP contribution in [0.1, 0.15) is 12.0 Å². The van der Waals surface area contributed by atoms with E-state index in [9.17, 15) is 9.59 Å². The monoisotopic (exact) mass is 308 g/mol. The first kappa shape index (κ1) is 15.7. The highest BCUT2D eigenvalue weighted by molar-refractivity contribution is 7.99. The van der Waals surface area contributed by atoms with Gasteiger partial charge in [0.15, 0.2) is 0 Å². The fraction of sp³-hybridized carbons (Fsp3) is 0.467. The molecule has 1 aliphatic rings. The standard InChI is InChI=1S/C15H20N2O3S/c1-17(2)15(19)12-8-13(14(18)16-12)21-9-10-4-6-11(20-3)7-5-10/h4-7,12-13H,8-9H2,1-3H3,(H,16,18)/t12-,13+/m0/s1. The van der Waals surface area contributed by atoms with Crippen molar-refractivity contribution >= 4 is 23.6 Å². The Morgan fingerprint density at radius 1 is 1.38 bits per heavy atom. The molecule has 114 valence electrons. The maximum atomic E-state index is 11.9. The number of likely N-dealkylation sites (N-methyl/N-ethyl adjacent to an activating group) is 1. The van der Waals surface area contributed by atoms with E-state index in [0.29, 0.717) is 6.42 Å². The van der Waals surface area contributed by atoms with Crippen molar-refractivity contribution in [1.82, 2.24) is 10.2 Å². The summed E-state index contributed by atoms with van der Waals surface area (Å²) in [5.41, 5.74) is 1.14. The summed E-state index contributed by atoms with van der Waals surface area (Å²) in [6.45, 7) is 0. The average molecular weight is 308 g/mol. The molecule has 0 bridgehead atoms. The quantitative estimate of drug-likeness (QED) is 0.890. The molecule has 0 radical (unpaired) electrons. The summed E-state index contributed by atoms with van der Waals surface area (Å²) < 4.78 is 5.11. The van der Waals surface area contributed by atoms with Gasteiger partial charge in [-0.1, -0.05) is 12.1 Å². The number of rotatable bonds is 5. The Labute approximate surface area is 129 Å². The van der Waals surface area contributed by atoms with Crippen LogP contribution in [-0.4, -0.2) is 49.2 Å². The number of carbonyl (C=O) groups excluding carboxylic acids is 2. The third-order valence-corrected chi connectivity index (χ3v) is 4.72. The molecule has 2 rings (SSSR count). The number of ether oxygens (including phenoxy) is 1. The Morgan fingerprint density at radius 2 is 2.05 bits per heavy atom. The number of nitrogens with one attached hydrogen (secondary N) is 1. The molecule has 1 aromatic carbocycles. The fourth-order valence-corrected chi connectivity index (χ4v) is 3.32. The van der Waals surface area contributed by atoms with Gasteiger partial charge in [0.05, 0.1) is 12.4 Å². The van der Waals surface area contributed by atoms with E-state index in [1.165, 1.54) is 4.90 Å². The molecule has 1 fully saturated rings. The summed E-state index contributed by atoms with van der Waals surface area (Å²) in [5, 5.41) is 2.60. The molecule has 6 heteroatoms. The number of benzene rings is 1. The second kappa shape index (κ2) is 6.85. The Balaban J connectivity index is 1.88. The van der Waals surface area contributed by atoms with Gasteiger partial charge in [0, 0.05) is 19.8 Å². The van der Waals surface area contributed by atoms with E-state index in [4.69, 9.17) is 4.74 Å². The summed E-state index contributed by atoms with van der Waals surface area (Å²) in [7, 11) is 5.03. The molecule has 1 N–H and O–H groups in total. The highest BCUT2D eigenvalue weighted by atomic mass is 32.2. The third kappa shape index (κ3) is 3.91. The van der Waals surface area contributed by atoms with Crippen molar-refractivity contribution in [3.63, 3.8) is 0 Å². The highest BCUT2D eigenvalue weighted by Gasteiger charge is 2.36. The lowest BCUT2D eigenvalue weighted by atomic mass is 10.2. The number of amides is 2. The number of thioether (sulfide) groups is 1. The van der Waals surface area contributed by atoms with E-state index < -0.39 is 0 Å². The molecule has 0 aliphatic carbocycles. The molecule has 0 unspecified atom stereocenters. The average Bonchev–Trinajstić information content (AvgIpc) is 2.85. The fourth-order valence-electron chi connectivity index (χ4n) is 2.18. The maximum absolute atomic E-state index is 11.9. The Hall–Kier alpha value is -1.69. The van der Waals surface area contributed by atoms with Crippen LogP contribution in [0.4, 0.5) is 0 Å². The SMILES string of the molecule is COc1ccc(CS[C@@H]2C[C@@H](C(=O)N(C)C)NC2=O)cc1. The minimum atomic E-state index is -0.388. The van der Waals surface area contributed by atoms with E-state index in [0.717, 1.165) is 17.1 Å². The first-order chi connectivity index (χ1) is 10.0. The molecule has 0 aromatic heterocycles. The normalized spacial score (nSPS) is 21.0. The van der Waals surface area contributed by atoms with Gasteiger partial charge in [-0.15, -0.1) is 11.8 Å². The van der Waals surface area contributed by atoms with Crippen LogP contribution in [0, 0.1) is 0 Å². The topological polar surface area (TPSA) is 58.6 Å². The summed E-state index contributed by atoms with van der Waals surface area (Å²) in [6, 6.07) is 7.40. The Bertz CT molecular complexity index is 516. The lowest BCUT2D eigenvalue weighted by molar-refractivity contribution is -0.132. The van der Waals surface area contributed by atoms with Crippen molar-refractivity contribution in [1.29, 1.82) is 0 Å². The molecule has 1 saturated heterocycles. The van der Waals surface area contributed by atoms with Gasteiger partial charge in [-0.25, -0.2) is 0 Å². The van der Waals surface area contributed by atoms with Crippen LogP contribution >= 0.6 is 11.8 Å². The summed E-state index contributed by atoms with van der Waals surface area (Å²) >= 11 is 1.57. The van der Waals surface area contributed by atoms with Crippen molar-refractivity contribution in [2.24, 2.45) is 0 Å². The second-order valence-electron chi connectivity index (χ2n) is 5.18. The predicted molar refractivity (Wildman–Crippen MR) is 83.3 cm³/mol. The number of hydrogen-bond donors (Lipinski definition) is 1. The number of carbonyl (C=O) groups is 2. The Morgan fingerprint density at radius 3 is 2.62 bits per heavy atom. The molecule has 21 heavy (non-hydrogen) atoms. The second-order valence-corrected chi connectivity index (χ2v) is 6.37. The lowest BCUT2D eigenvalue weighted by Gasteiger charge is -2.15. The zero-order valence-corrected chi connectivity index (χ0v) is 13.3. The first-order valence-electron chi connectivity index (χ1n) is 6.77. The van der Waals surface area contributed by atoms with E-state index in [1.54, 1.807) is 33.0 Å². The smallest absolute Gasteiger partial charge is 0.244 e. The highest BCUT2D eigenvalue weighted by Crippen LogP contribution is 2.27. The van der Waals surface area contributed by atoms with Crippen molar-refractivity contribution in [2.45, 2.75) is 23.5 Å². The molecule has 1 aromatic rings.